The van der Waals surface area contributed by atoms with E-state index in [1.54, 1.807) is 21.1 Å². The fraction of sp³-hybridized carbons (Fsp3) is 0.385. The Morgan fingerprint density at radius 1 is 1.09 bits per heavy atom. The van der Waals surface area contributed by atoms with E-state index in [9.17, 15) is 9.59 Å². The van der Waals surface area contributed by atoms with E-state index in [1.807, 2.05) is 44.2 Å². The van der Waals surface area contributed by atoms with Crippen LogP contribution in [0, 0.1) is 6.92 Å². The van der Waals surface area contributed by atoms with Gasteiger partial charge in [0.25, 0.3) is 0 Å². The Kier molecular flexibility index (Phi) is 6.31. The number of dihydropyridines is 1. The SMILES string of the molecule is CCOC(=O)C1=C(C)NC2=C(C(=O)C[C@@H](c3ccc(OC)c(OC)c3)C2)[C@H]1c1ccc(C)o1. The van der Waals surface area contributed by atoms with Crippen molar-refractivity contribution in [2.45, 2.75) is 45.4 Å². The summed E-state index contributed by atoms with van der Waals surface area (Å²) in [5.74, 6) is 1.49. The fourth-order valence-electron chi connectivity index (χ4n) is 4.75. The van der Waals surface area contributed by atoms with Gasteiger partial charge in [0.2, 0.25) is 0 Å². The van der Waals surface area contributed by atoms with Gasteiger partial charge in [-0.1, -0.05) is 6.07 Å². The van der Waals surface area contributed by atoms with Gasteiger partial charge in [0.1, 0.15) is 11.5 Å². The molecule has 0 amide bonds. The largest absolute Gasteiger partial charge is 0.493 e. The Bertz CT molecular complexity index is 1160. The molecule has 0 radical (unpaired) electrons. The number of benzene rings is 1. The number of hydrogen-bond acceptors (Lipinski definition) is 7. The Morgan fingerprint density at radius 3 is 2.48 bits per heavy atom. The number of hydrogen-bond donors (Lipinski definition) is 1. The minimum atomic E-state index is -0.590. The Hall–Kier alpha value is -3.48. The number of nitrogens with one attached hydrogen (secondary N) is 1. The Morgan fingerprint density at radius 2 is 1.85 bits per heavy atom. The molecule has 4 rings (SSSR count). The molecule has 1 aliphatic heterocycles. The topological polar surface area (TPSA) is 87.0 Å². The summed E-state index contributed by atoms with van der Waals surface area (Å²) in [5, 5.41) is 3.34. The van der Waals surface area contributed by atoms with E-state index in [4.69, 9.17) is 18.6 Å². The van der Waals surface area contributed by atoms with E-state index >= 15 is 0 Å². The van der Waals surface area contributed by atoms with Gasteiger partial charge in [-0.2, -0.15) is 0 Å². The number of esters is 1. The van der Waals surface area contributed by atoms with Gasteiger partial charge in [-0.05, 0) is 62.9 Å². The molecule has 174 valence electrons. The summed E-state index contributed by atoms with van der Waals surface area (Å²) in [6.45, 7) is 5.70. The second-order valence-corrected chi connectivity index (χ2v) is 8.30. The second-order valence-electron chi connectivity index (χ2n) is 8.30. The summed E-state index contributed by atoms with van der Waals surface area (Å²) >= 11 is 0. The van der Waals surface area contributed by atoms with Gasteiger partial charge in [0.05, 0.1) is 32.3 Å². The van der Waals surface area contributed by atoms with Crippen LogP contribution in [0.4, 0.5) is 0 Å². The van der Waals surface area contributed by atoms with Crippen molar-refractivity contribution in [2.24, 2.45) is 0 Å². The van der Waals surface area contributed by atoms with Crippen LogP contribution in [0.1, 0.15) is 55.6 Å². The molecule has 0 saturated heterocycles. The summed E-state index contributed by atoms with van der Waals surface area (Å²) in [6, 6.07) is 9.42. The van der Waals surface area contributed by atoms with Crippen molar-refractivity contribution in [3.8, 4) is 11.5 Å². The van der Waals surface area contributed by atoms with Crippen molar-refractivity contribution >= 4 is 11.8 Å². The average Bonchev–Trinajstić information content (AvgIpc) is 3.23. The first-order valence-electron chi connectivity index (χ1n) is 11.1. The molecule has 1 aliphatic carbocycles. The Balaban J connectivity index is 1.75. The number of ether oxygens (including phenoxy) is 3. The minimum absolute atomic E-state index is 0.0168. The second kappa shape index (κ2) is 9.17. The molecular weight excluding hydrogens is 422 g/mol. The molecular formula is C26H29NO6. The van der Waals surface area contributed by atoms with Crippen LogP contribution in [0.3, 0.4) is 0 Å². The van der Waals surface area contributed by atoms with E-state index in [0.29, 0.717) is 46.9 Å². The van der Waals surface area contributed by atoms with E-state index in [0.717, 1.165) is 17.0 Å². The number of allylic oxidation sites excluding steroid dienone is 3. The molecule has 1 aromatic heterocycles. The number of furan rings is 1. The third-order valence-corrected chi connectivity index (χ3v) is 6.25. The highest BCUT2D eigenvalue weighted by Gasteiger charge is 2.42. The van der Waals surface area contributed by atoms with Crippen LogP contribution in [-0.2, 0) is 14.3 Å². The predicted octanol–water partition coefficient (Wildman–Crippen LogP) is 4.53. The van der Waals surface area contributed by atoms with Gasteiger partial charge in [-0.25, -0.2) is 4.79 Å². The lowest BCUT2D eigenvalue weighted by Crippen LogP contribution is -2.36. The molecule has 1 N–H and O–H groups in total. The van der Waals surface area contributed by atoms with E-state index in [-0.39, 0.29) is 18.3 Å². The third-order valence-electron chi connectivity index (χ3n) is 6.25. The highest BCUT2D eigenvalue weighted by atomic mass is 16.5. The number of ketones is 1. The molecule has 2 aromatic rings. The maximum Gasteiger partial charge on any atom is 0.336 e. The quantitative estimate of drug-likeness (QED) is 0.646. The van der Waals surface area contributed by atoms with Gasteiger partial charge in [0.15, 0.2) is 17.3 Å². The number of rotatable bonds is 6. The summed E-state index contributed by atoms with van der Waals surface area (Å²) in [7, 11) is 3.19. The maximum atomic E-state index is 13.5. The van der Waals surface area contributed by atoms with Crippen LogP contribution < -0.4 is 14.8 Å². The molecule has 0 unspecified atom stereocenters. The van der Waals surface area contributed by atoms with Crippen LogP contribution in [0.5, 0.6) is 11.5 Å². The van der Waals surface area contributed by atoms with E-state index in [1.165, 1.54) is 0 Å². The lowest BCUT2D eigenvalue weighted by molar-refractivity contribution is -0.138. The zero-order valence-electron chi connectivity index (χ0n) is 19.6. The fourth-order valence-corrected chi connectivity index (χ4v) is 4.75. The van der Waals surface area contributed by atoms with Crippen molar-refractivity contribution in [3.63, 3.8) is 0 Å². The summed E-state index contributed by atoms with van der Waals surface area (Å²) in [4.78, 5) is 26.4. The predicted molar refractivity (Wildman–Crippen MR) is 122 cm³/mol. The summed E-state index contributed by atoms with van der Waals surface area (Å²) < 4.78 is 22.0. The zero-order valence-corrected chi connectivity index (χ0v) is 19.6. The van der Waals surface area contributed by atoms with Crippen molar-refractivity contribution < 1.29 is 28.2 Å². The van der Waals surface area contributed by atoms with Crippen LogP contribution in [0.25, 0.3) is 0 Å². The minimum Gasteiger partial charge on any atom is -0.493 e. The van der Waals surface area contributed by atoms with E-state index in [2.05, 4.69) is 5.32 Å². The first kappa shape index (κ1) is 22.7. The molecule has 0 fully saturated rings. The van der Waals surface area contributed by atoms with Crippen molar-refractivity contribution in [1.29, 1.82) is 0 Å². The number of methoxy groups -OCH3 is 2. The lowest BCUT2D eigenvalue weighted by atomic mass is 9.73. The molecule has 7 heteroatoms. The van der Waals surface area contributed by atoms with Crippen LogP contribution in [-0.4, -0.2) is 32.6 Å². The molecule has 1 aromatic carbocycles. The number of carbonyl (C=O) groups is 2. The molecule has 2 heterocycles. The monoisotopic (exact) mass is 451 g/mol. The molecule has 7 nitrogen and oxygen atoms in total. The molecule has 0 bridgehead atoms. The Labute approximate surface area is 193 Å². The van der Waals surface area contributed by atoms with Crippen LogP contribution in [0.2, 0.25) is 0 Å². The third kappa shape index (κ3) is 4.15. The zero-order chi connectivity index (χ0) is 23.7. The van der Waals surface area contributed by atoms with Gasteiger partial charge in [-0.3, -0.25) is 4.79 Å². The lowest BCUT2D eigenvalue weighted by Gasteiger charge is -2.35. The highest BCUT2D eigenvalue weighted by molar-refractivity contribution is 6.04. The number of aryl methyl sites for hydroxylation is 1. The van der Waals surface area contributed by atoms with Crippen molar-refractivity contribution in [1.82, 2.24) is 5.32 Å². The molecule has 0 saturated carbocycles. The van der Waals surface area contributed by atoms with Crippen molar-refractivity contribution in [2.75, 3.05) is 20.8 Å². The maximum absolute atomic E-state index is 13.5. The van der Waals surface area contributed by atoms with Gasteiger partial charge in [-0.15, -0.1) is 0 Å². The van der Waals surface area contributed by atoms with Crippen LogP contribution in [0.15, 0.2) is 57.3 Å². The van der Waals surface area contributed by atoms with Gasteiger partial charge < -0.3 is 23.9 Å². The standard InChI is InChI=1S/C26H29NO6/c1-6-32-26(29)23-15(3)27-18-11-17(16-8-10-20(30-4)22(13-16)31-5)12-19(28)24(18)25(23)21-9-7-14(2)33-21/h7-10,13,17,25,27H,6,11-12H2,1-5H3/t17-,25-/m0/s1. The first-order chi connectivity index (χ1) is 15.9. The average molecular weight is 452 g/mol. The normalized spacial score (nSPS) is 20.3. The first-order valence-corrected chi connectivity index (χ1v) is 11.1. The van der Waals surface area contributed by atoms with Crippen LogP contribution >= 0.6 is 0 Å². The smallest absolute Gasteiger partial charge is 0.336 e. The van der Waals surface area contributed by atoms with E-state index < -0.39 is 11.9 Å². The number of Topliss-reactive ketones (excluding diaryl/α,β-unsaturated/α-hetero) is 1. The summed E-state index contributed by atoms with van der Waals surface area (Å²) in [5.41, 5.74) is 3.48. The molecule has 0 spiro atoms. The number of carbonyl (C=O) groups excluding carboxylic acids is 2. The molecule has 2 atom stereocenters. The van der Waals surface area contributed by atoms with Gasteiger partial charge in [0, 0.05) is 23.4 Å². The van der Waals surface area contributed by atoms with Gasteiger partial charge >= 0.3 is 5.97 Å². The molecule has 2 aliphatic rings. The molecule has 33 heavy (non-hydrogen) atoms. The van der Waals surface area contributed by atoms with Crippen molar-refractivity contribution in [3.05, 3.63) is 70.0 Å². The highest BCUT2D eigenvalue weighted by Crippen LogP contribution is 2.46. The summed E-state index contributed by atoms with van der Waals surface area (Å²) in [6.07, 6.45) is 0.946.